The van der Waals surface area contributed by atoms with Crippen LogP contribution in [0.5, 0.6) is 0 Å². The second-order valence-electron chi connectivity index (χ2n) is 4.81. The molecule has 0 unspecified atom stereocenters. The van der Waals surface area contributed by atoms with Gasteiger partial charge in [0.25, 0.3) is 0 Å². The van der Waals surface area contributed by atoms with Crippen molar-refractivity contribution < 1.29 is 14.7 Å². The Bertz CT molecular complexity index is 717. The van der Waals surface area contributed by atoms with Crippen LogP contribution in [0, 0.1) is 11.8 Å². The molecule has 0 aliphatic heterocycles. The lowest BCUT2D eigenvalue weighted by atomic mass is 10.2. The second kappa shape index (κ2) is 4.86. The molecule has 102 valence electrons. The molecule has 2 atom stereocenters. The van der Waals surface area contributed by atoms with Gasteiger partial charge in [-0.2, -0.15) is 0 Å². The lowest BCUT2D eigenvalue weighted by molar-refractivity contribution is -0.139. The zero-order valence-electron chi connectivity index (χ0n) is 10.3. The average Bonchev–Trinajstić information content (AvgIpc) is 3.19. The van der Waals surface area contributed by atoms with E-state index in [0.717, 1.165) is 9.86 Å². The number of anilines is 1. The van der Waals surface area contributed by atoms with Crippen LogP contribution >= 0.6 is 15.9 Å². The normalized spacial score (nSPS) is 20.6. The zero-order valence-corrected chi connectivity index (χ0v) is 11.9. The van der Waals surface area contributed by atoms with Crippen molar-refractivity contribution in [2.24, 2.45) is 11.8 Å². The predicted molar refractivity (Wildman–Crippen MR) is 77.3 cm³/mol. The van der Waals surface area contributed by atoms with Crippen molar-refractivity contribution in [3.8, 4) is 0 Å². The van der Waals surface area contributed by atoms with Gasteiger partial charge in [-0.15, -0.1) is 0 Å². The molecule has 2 aromatic rings. The molecule has 1 amide bonds. The van der Waals surface area contributed by atoms with Gasteiger partial charge in [-0.1, -0.05) is 12.1 Å². The summed E-state index contributed by atoms with van der Waals surface area (Å²) >= 11 is 3.35. The highest BCUT2D eigenvalue weighted by atomic mass is 79.9. The summed E-state index contributed by atoms with van der Waals surface area (Å²) < 4.78 is 0.863. The number of nitrogens with zero attached hydrogens (tertiary/aromatic N) is 1. The minimum Gasteiger partial charge on any atom is -0.481 e. The van der Waals surface area contributed by atoms with Crippen LogP contribution in [-0.4, -0.2) is 22.0 Å². The summed E-state index contributed by atoms with van der Waals surface area (Å²) in [6.07, 6.45) is 2.07. The van der Waals surface area contributed by atoms with E-state index in [1.54, 1.807) is 12.3 Å². The Balaban J connectivity index is 1.85. The van der Waals surface area contributed by atoms with Gasteiger partial charge in [0.1, 0.15) is 0 Å². The molecule has 6 heteroatoms. The first kappa shape index (κ1) is 13.1. The highest BCUT2D eigenvalue weighted by molar-refractivity contribution is 9.10. The molecule has 2 N–H and O–H groups in total. The van der Waals surface area contributed by atoms with Gasteiger partial charge in [-0.3, -0.25) is 14.6 Å². The summed E-state index contributed by atoms with van der Waals surface area (Å²) in [5, 5.41) is 12.5. The summed E-state index contributed by atoms with van der Waals surface area (Å²) in [7, 11) is 0. The maximum absolute atomic E-state index is 12.0. The summed E-state index contributed by atoms with van der Waals surface area (Å²) in [5.74, 6) is -2.15. The van der Waals surface area contributed by atoms with E-state index in [1.165, 1.54) is 0 Å². The van der Waals surface area contributed by atoms with Crippen molar-refractivity contribution in [3.63, 3.8) is 0 Å². The Labute approximate surface area is 123 Å². The number of hydrogen-bond acceptors (Lipinski definition) is 3. The van der Waals surface area contributed by atoms with Crippen molar-refractivity contribution in [2.75, 3.05) is 5.32 Å². The molecule has 1 fully saturated rings. The summed E-state index contributed by atoms with van der Waals surface area (Å²) in [6, 6.07) is 7.40. The number of carbonyl (C=O) groups excluding carboxylic acids is 1. The fraction of sp³-hybridized carbons (Fsp3) is 0.214. The van der Waals surface area contributed by atoms with Crippen LogP contribution < -0.4 is 5.32 Å². The van der Waals surface area contributed by atoms with E-state index in [9.17, 15) is 9.59 Å². The number of carbonyl (C=O) groups is 2. The molecule has 1 aromatic heterocycles. The number of amides is 1. The van der Waals surface area contributed by atoms with E-state index in [0.29, 0.717) is 17.6 Å². The largest absolute Gasteiger partial charge is 0.481 e. The quantitative estimate of drug-likeness (QED) is 0.904. The standard InChI is InChI=1S/C14H11BrN2O3/c15-8-4-7-2-1-3-11(12(7)16-6-8)17-13(18)9-5-10(9)14(19)20/h1-4,6,9-10H,5H2,(H,17,18)(H,19,20)/t9-,10+/m1/s1. The van der Waals surface area contributed by atoms with Crippen LogP contribution in [0.25, 0.3) is 10.9 Å². The van der Waals surface area contributed by atoms with Crippen molar-refractivity contribution in [1.29, 1.82) is 0 Å². The first-order valence-corrected chi connectivity index (χ1v) is 6.93. The predicted octanol–water partition coefficient (Wildman–Crippen LogP) is 2.66. The van der Waals surface area contributed by atoms with E-state index in [1.807, 2.05) is 18.2 Å². The number of para-hydroxylation sites is 1. The Morgan fingerprint density at radius 3 is 2.85 bits per heavy atom. The fourth-order valence-corrected chi connectivity index (χ4v) is 2.57. The van der Waals surface area contributed by atoms with Crippen LogP contribution in [0.3, 0.4) is 0 Å². The average molecular weight is 335 g/mol. The molecule has 1 heterocycles. The van der Waals surface area contributed by atoms with Gasteiger partial charge in [0.2, 0.25) is 5.91 Å². The second-order valence-corrected chi connectivity index (χ2v) is 5.72. The van der Waals surface area contributed by atoms with Gasteiger partial charge in [0.15, 0.2) is 0 Å². The summed E-state index contributed by atoms with van der Waals surface area (Å²) in [4.78, 5) is 27.1. The number of pyridine rings is 1. The number of rotatable bonds is 3. The Kier molecular flexibility index (Phi) is 3.17. The van der Waals surface area contributed by atoms with E-state index in [4.69, 9.17) is 5.11 Å². The number of carboxylic acids is 1. The van der Waals surface area contributed by atoms with Crippen molar-refractivity contribution in [1.82, 2.24) is 4.98 Å². The molecule has 5 nitrogen and oxygen atoms in total. The van der Waals surface area contributed by atoms with Crippen LogP contribution in [0.1, 0.15) is 6.42 Å². The van der Waals surface area contributed by atoms with Crippen LogP contribution in [0.2, 0.25) is 0 Å². The molecule has 0 spiro atoms. The lowest BCUT2D eigenvalue weighted by Crippen LogP contribution is -2.17. The maximum Gasteiger partial charge on any atom is 0.307 e. The third kappa shape index (κ3) is 2.38. The molecule has 0 saturated heterocycles. The van der Waals surface area contributed by atoms with Gasteiger partial charge in [-0.05, 0) is 34.5 Å². The number of hydrogen-bond donors (Lipinski definition) is 2. The summed E-state index contributed by atoms with van der Waals surface area (Å²) in [6.45, 7) is 0. The number of halogens is 1. The number of fused-ring (bicyclic) bond motifs is 1. The van der Waals surface area contributed by atoms with Gasteiger partial charge in [-0.25, -0.2) is 0 Å². The highest BCUT2D eigenvalue weighted by Gasteiger charge is 2.48. The first-order valence-electron chi connectivity index (χ1n) is 6.14. The zero-order chi connectivity index (χ0) is 14.3. The molecule has 1 aliphatic carbocycles. The SMILES string of the molecule is O=C(O)[C@H]1C[C@H]1C(=O)Nc1cccc2cc(Br)cnc12. The fourth-order valence-electron chi connectivity index (χ4n) is 2.22. The third-order valence-corrected chi connectivity index (χ3v) is 3.81. The minimum atomic E-state index is -0.912. The molecule has 0 radical (unpaired) electrons. The number of nitrogens with one attached hydrogen (secondary N) is 1. The number of carboxylic acid groups (broad SMARTS) is 1. The molecule has 0 bridgehead atoms. The van der Waals surface area contributed by atoms with Gasteiger partial charge < -0.3 is 10.4 Å². The van der Waals surface area contributed by atoms with Gasteiger partial charge >= 0.3 is 5.97 Å². The topological polar surface area (TPSA) is 79.3 Å². The van der Waals surface area contributed by atoms with E-state index in [2.05, 4.69) is 26.2 Å². The molecule has 3 rings (SSSR count). The smallest absolute Gasteiger partial charge is 0.307 e. The molecular formula is C14H11BrN2O3. The monoisotopic (exact) mass is 334 g/mol. The summed E-state index contributed by atoms with van der Waals surface area (Å²) in [5.41, 5.74) is 1.30. The molecule has 1 aromatic carbocycles. The first-order chi connectivity index (χ1) is 9.56. The Morgan fingerprint density at radius 2 is 2.15 bits per heavy atom. The van der Waals surface area contributed by atoms with E-state index >= 15 is 0 Å². The van der Waals surface area contributed by atoms with E-state index in [-0.39, 0.29) is 5.91 Å². The minimum absolute atomic E-state index is 0.255. The lowest BCUT2D eigenvalue weighted by Gasteiger charge is -2.07. The molecular weight excluding hydrogens is 324 g/mol. The maximum atomic E-state index is 12.0. The van der Waals surface area contributed by atoms with Crippen molar-refractivity contribution >= 4 is 44.4 Å². The van der Waals surface area contributed by atoms with E-state index < -0.39 is 17.8 Å². The Morgan fingerprint density at radius 1 is 1.35 bits per heavy atom. The molecule has 1 aliphatic rings. The Hall–Kier alpha value is -1.95. The van der Waals surface area contributed by atoms with Crippen molar-refractivity contribution in [2.45, 2.75) is 6.42 Å². The van der Waals surface area contributed by atoms with Crippen LogP contribution in [-0.2, 0) is 9.59 Å². The number of aliphatic carboxylic acids is 1. The van der Waals surface area contributed by atoms with Gasteiger partial charge in [0, 0.05) is 16.1 Å². The number of benzene rings is 1. The van der Waals surface area contributed by atoms with Crippen LogP contribution in [0.15, 0.2) is 34.9 Å². The third-order valence-electron chi connectivity index (χ3n) is 3.38. The molecule has 1 saturated carbocycles. The molecule has 20 heavy (non-hydrogen) atoms. The van der Waals surface area contributed by atoms with Gasteiger partial charge in [0.05, 0.1) is 23.0 Å². The number of aromatic nitrogens is 1. The highest BCUT2D eigenvalue weighted by Crippen LogP contribution is 2.39. The van der Waals surface area contributed by atoms with Crippen LogP contribution in [0.4, 0.5) is 5.69 Å². The van der Waals surface area contributed by atoms with Crippen molar-refractivity contribution in [3.05, 3.63) is 34.9 Å².